The van der Waals surface area contributed by atoms with Crippen molar-refractivity contribution in [2.75, 3.05) is 12.3 Å². The highest BCUT2D eigenvalue weighted by molar-refractivity contribution is 7.99. The number of hydrogen-bond donors (Lipinski definition) is 1. The van der Waals surface area contributed by atoms with E-state index in [0.29, 0.717) is 0 Å². The van der Waals surface area contributed by atoms with Gasteiger partial charge in [-0.3, -0.25) is 4.98 Å². The number of rotatable bonds is 6. The van der Waals surface area contributed by atoms with Gasteiger partial charge >= 0.3 is 0 Å². The first-order valence-electron chi connectivity index (χ1n) is 5.08. The van der Waals surface area contributed by atoms with Crippen molar-refractivity contribution in [3.63, 3.8) is 0 Å². The van der Waals surface area contributed by atoms with Gasteiger partial charge in [-0.1, -0.05) is 17.8 Å². The maximum Gasteiger partial charge on any atom is 0.255 e. The number of hydrogen-bond acceptors (Lipinski definition) is 5. The van der Waals surface area contributed by atoms with E-state index in [1.165, 1.54) is 0 Å². The van der Waals surface area contributed by atoms with E-state index in [1.54, 1.807) is 30.4 Å². The molecule has 16 heavy (non-hydrogen) atoms. The zero-order valence-corrected chi connectivity index (χ0v) is 9.61. The molecule has 0 saturated carbocycles. The van der Waals surface area contributed by atoms with Crippen LogP contribution in [0.1, 0.15) is 5.69 Å². The van der Waals surface area contributed by atoms with Crippen LogP contribution < -0.4 is 5.32 Å². The molecule has 0 spiro atoms. The van der Waals surface area contributed by atoms with E-state index in [9.17, 15) is 0 Å². The minimum atomic E-state index is 0.722. The third-order valence-corrected chi connectivity index (χ3v) is 2.80. The van der Waals surface area contributed by atoms with Gasteiger partial charge in [0, 0.05) is 25.0 Å². The van der Waals surface area contributed by atoms with Crippen LogP contribution in [0.3, 0.4) is 0 Å². The van der Waals surface area contributed by atoms with Crippen molar-refractivity contribution in [1.82, 2.24) is 15.3 Å². The molecule has 0 unspecified atom stereocenters. The first-order valence-corrected chi connectivity index (χ1v) is 6.06. The smallest absolute Gasteiger partial charge is 0.255 e. The zero-order valence-electron chi connectivity index (χ0n) is 8.80. The minimum absolute atomic E-state index is 0.722. The van der Waals surface area contributed by atoms with Gasteiger partial charge in [-0.15, -0.1) is 0 Å². The lowest BCUT2D eigenvalue weighted by molar-refractivity contribution is 0.454. The maximum atomic E-state index is 5.11. The number of thioether (sulfide) groups is 1. The van der Waals surface area contributed by atoms with Gasteiger partial charge in [0.25, 0.3) is 5.22 Å². The first-order chi connectivity index (χ1) is 7.95. The second-order valence-corrected chi connectivity index (χ2v) is 4.19. The van der Waals surface area contributed by atoms with Crippen molar-refractivity contribution in [3.05, 3.63) is 42.5 Å². The van der Waals surface area contributed by atoms with Crippen molar-refractivity contribution < 1.29 is 4.42 Å². The summed E-state index contributed by atoms with van der Waals surface area (Å²) in [7, 11) is 0. The van der Waals surface area contributed by atoms with E-state index in [-0.39, 0.29) is 0 Å². The highest BCUT2D eigenvalue weighted by Crippen LogP contribution is 2.13. The number of pyridine rings is 1. The molecule has 0 aliphatic carbocycles. The molecular weight excluding hydrogens is 222 g/mol. The van der Waals surface area contributed by atoms with Gasteiger partial charge < -0.3 is 9.73 Å². The predicted octanol–water partition coefficient (Wildman–Crippen LogP) is 1.95. The summed E-state index contributed by atoms with van der Waals surface area (Å²) in [5.41, 5.74) is 1.06. The van der Waals surface area contributed by atoms with E-state index in [4.69, 9.17) is 4.42 Å². The summed E-state index contributed by atoms with van der Waals surface area (Å²) in [6, 6.07) is 5.92. The summed E-state index contributed by atoms with van der Waals surface area (Å²) >= 11 is 1.60. The first kappa shape index (κ1) is 11.2. The third-order valence-electron chi connectivity index (χ3n) is 1.95. The number of aromatic nitrogens is 2. The quantitative estimate of drug-likeness (QED) is 0.612. The van der Waals surface area contributed by atoms with Gasteiger partial charge in [0.1, 0.15) is 6.26 Å². The Labute approximate surface area is 98.5 Å². The van der Waals surface area contributed by atoms with Gasteiger partial charge in [0.2, 0.25) is 0 Å². The van der Waals surface area contributed by atoms with E-state index < -0.39 is 0 Å². The SMILES string of the molecule is c1ccc(CNCCSc2ncco2)nc1. The van der Waals surface area contributed by atoms with Crippen LogP contribution in [-0.2, 0) is 6.54 Å². The summed E-state index contributed by atoms with van der Waals surface area (Å²) < 4.78 is 5.11. The van der Waals surface area contributed by atoms with Crippen LogP contribution in [0.2, 0.25) is 0 Å². The Bertz CT molecular complexity index is 391. The molecule has 0 aliphatic rings. The van der Waals surface area contributed by atoms with Crippen molar-refractivity contribution in [2.24, 2.45) is 0 Å². The molecule has 0 fully saturated rings. The van der Waals surface area contributed by atoms with Crippen molar-refractivity contribution in [1.29, 1.82) is 0 Å². The molecule has 1 N–H and O–H groups in total. The fraction of sp³-hybridized carbons (Fsp3) is 0.273. The average Bonchev–Trinajstić information content (AvgIpc) is 2.83. The highest BCUT2D eigenvalue weighted by Gasteiger charge is 1.97. The van der Waals surface area contributed by atoms with Crippen molar-refractivity contribution >= 4 is 11.8 Å². The van der Waals surface area contributed by atoms with Gasteiger partial charge in [0.15, 0.2) is 0 Å². The Morgan fingerprint density at radius 2 is 2.25 bits per heavy atom. The standard InChI is InChI=1S/C11H13N3OS/c1-2-4-13-10(3-1)9-12-6-8-16-11-14-5-7-15-11/h1-5,7,12H,6,8-9H2. The van der Waals surface area contributed by atoms with Crippen LogP contribution in [0.25, 0.3) is 0 Å². The van der Waals surface area contributed by atoms with Crippen molar-refractivity contribution in [3.8, 4) is 0 Å². The summed E-state index contributed by atoms with van der Waals surface area (Å²) in [5.74, 6) is 0.938. The molecule has 2 heterocycles. The Hall–Kier alpha value is -1.33. The predicted molar refractivity (Wildman–Crippen MR) is 63.2 cm³/mol. The van der Waals surface area contributed by atoms with Crippen molar-refractivity contribution in [2.45, 2.75) is 11.8 Å². The van der Waals surface area contributed by atoms with Gasteiger partial charge in [-0.2, -0.15) is 0 Å². The summed E-state index contributed by atoms with van der Waals surface area (Å²) in [4.78, 5) is 8.25. The maximum absolute atomic E-state index is 5.11. The second-order valence-electron chi connectivity index (χ2n) is 3.14. The summed E-state index contributed by atoms with van der Waals surface area (Å²) in [6.07, 6.45) is 5.05. The van der Waals surface area contributed by atoms with E-state index in [2.05, 4.69) is 15.3 Å². The van der Waals surface area contributed by atoms with E-state index >= 15 is 0 Å². The average molecular weight is 235 g/mol. The molecule has 2 aromatic rings. The third kappa shape index (κ3) is 3.67. The number of nitrogens with one attached hydrogen (secondary N) is 1. The second kappa shape index (κ2) is 6.30. The number of nitrogens with zero attached hydrogens (tertiary/aromatic N) is 2. The van der Waals surface area contributed by atoms with Gasteiger partial charge in [-0.05, 0) is 12.1 Å². The summed E-state index contributed by atoms with van der Waals surface area (Å²) in [5, 5.41) is 4.03. The largest absolute Gasteiger partial charge is 0.440 e. The van der Waals surface area contributed by atoms with Gasteiger partial charge in [0.05, 0.1) is 11.9 Å². The topological polar surface area (TPSA) is 51.0 Å². The van der Waals surface area contributed by atoms with Crippen LogP contribution in [0.5, 0.6) is 0 Å². The monoisotopic (exact) mass is 235 g/mol. The van der Waals surface area contributed by atoms with Crippen LogP contribution in [0, 0.1) is 0 Å². The molecule has 0 aliphatic heterocycles. The van der Waals surface area contributed by atoms with Crippen LogP contribution in [-0.4, -0.2) is 22.3 Å². The highest BCUT2D eigenvalue weighted by atomic mass is 32.2. The molecule has 0 radical (unpaired) electrons. The molecular formula is C11H13N3OS. The molecule has 0 amide bonds. The molecule has 0 aromatic carbocycles. The lowest BCUT2D eigenvalue weighted by atomic mass is 10.3. The van der Waals surface area contributed by atoms with Gasteiger partial charge in [-0.25, -0.2) is 4.98 Å². The Morgan fingerprint density at radius 1 is 1.25 bits per heavy atom. The molecule has 2 aromatic heterocycles. The van der Waals surface area contributed by atoms with Crippen LogP contribution >= 0.6 is 11.8 Å². The normalized spacial score (nSPS) is 10.5. The Kier molecular flexibility index (Phi) is 4.39. The number of oxazole rings is 1. The van der Waals surface area contributed by atoms with E-state index in [1.807, 2.05) is 18.2 Å². The van der Waals surface area contributed by atoms with Crippen LogP contribution in [0.4, 0.5) is 0 Å². The molecule has 0 atom stereocenters. The Morgan fingerprint density at radius 3 is 3.00 bits per heavy atom. The summed E-state index contributed by atoms with van der Waals surface area (Å²) in [6.45, 7) is 1.70. The molecule has 5 heteroatoms. The fourth-order valence-corrected chi connectivity index (χ4v) is 1.89. The minimum Gasteiger partial charge on any atom is -0.440 e. The Balaban J connectivity index is 1.59. The zero-order chi connectivity index (χ0) is 11.1. The lowest BCUT2D eigenvalue weighted by Crippen LogP contribution is -2.17. The molecule has 4 nitrogen and oxygen atoms in total. The molecule has 0 saturated heterocycles. The molecule has 0 bridgehead atoms. The van der Waals surface area contributed by atoms with E-state index in [0.717, 1.165) is 29.8 Å². The lowest BCUT2D eigenvalue weighted by Gasteiger charge is -2.02. The molecule has 2 rings (SSSR count). The molecule has 84 valence electrons. The fourth-order valence-electron chi connectivity index (χ4n) is 1.21. The van der Waals surface area contributed by atoms with Crippen LogP contribution in [0.15, 0.2) is 46.5 Å².